The fraction of sp³-hybridized carbons (Fsp3) is 0.462. The number of carboxylic acid groups (broad SMARTS) is 1. The number of hydrogen-bond donors (Lipinski definition) is 1. The fourth-order valence-corrected chi connectivity index (χ4v) is 3.01. The highest BCUT2D eigenvalue weighted by atomic mass is 28.4. The van der Waals surface area contributed by atoms with Crippen LogP contribution in [0.25, 0.3) is 0 Å². The van der Waals surface area contributed by atoms with Gasteiger partial charge in [0.05, 0.1) is 0 Å². The molecule has 1 aromatic rings. The van der Waals surface area contributed by atoms with Gasteiger partial charge in [-0.2, -0.15) is 0 Å². The van der Waals surface area contributed by atoms with Crippen LogP contribution < -0.4 is 4.43 Å². The lowest BCUT2D eigenvalue weighted by Gasteiger charge is -2.21. The van der Waals surface area contributed by atoms with Gasteiger partial charge in [0.25, 0.3) is 0 Å². The second-order valence-electron chi connectivity index (χ2n) is 5.49. The Labute approximate surface area is 103 Å². The Hall–Kier alpha value is -1.29. The minimum Gasteiger partial charge on any atom is -0.544 e. The summed E-state index contributed by atoms with van der Waals surface area (Å²) in [5, 5.41) is 9.23. The third-order valence-corrected chi connectivity index (χ3v) is 3.67. The molecule has 1 aliphatic carbocycles. The monoisotopic (exact) mass is 250 g/mol. The third kappa shape index (κ3) is 2.69. The van der Waals surface area contributed by atoms with E-state index in [0.29, 0.717) is 11.3 Å². The smallest absolute Gasteiger partial charge is 0.339 e. The van der Waals surface area contributed by atoms with Crippen LogP contribution in [0.1, 0.15) is 27.9 Å². The Balaban J connectivity index is 2.45. The van der Waals surface area contributed by atoms with Gasteiger partial charge in [0, 0.05) is 0 Å². The molecule has 0 fully saturated rings. The van der Waals surface area contributed by atoms with Crippen molar-refractivity contribution in [3.05, 3.63) is 28.8 Å². The molecule has 1 aliphatic rings. The maximum atomic E-state index is 11.2. The zero-order valence-corrected chi connectivity index (χ0v) is 11.5. The topological polar surface area (TPSA) is 46.5 Å². The van der Waals surface area contributed by atoms with Crippen LogP contribution >= 0.6 is 0 Å². The van der Waals surface area contributed by atoms with Crippen molar-refractivity contribution in [1.82, 2.24) is 0 Å². The molecule has 0 spiro atoms. The predicted octanol–water partition coefficient (Wildman–Crippen LogP) is 3.09. The minimum absolute atomic E-state index is 0.313. The molecule has 0 amide bonds. The van der Waals surface area contributed by atoms with Gasteiger partial charge in [0.15, 0.2) is 0 Å². The van der Waals surface area contributed by atoms with Crippen molar-refractivity contribution in [2.45, 2.75) is 38.9 Å². The number of aromatic carboxylic acids is 1. The van der Waals surface area contributed by atoms with E-state index in [1.54, 1.807) is 6.07 Å². The SMILES string of the molecule is C[Si](C)(C)Oc1cc2c(cc1C(=O)O)CCC2. The van der Waals surface area contributed by atoms with Crippen LogP contribution in [0.5, 0.6) is 5.75 Å². The van der Waals surface area contributed by atoms with Crippen LogP contribution in [0.4, 0.5) is 0 Å². The Morgan fingerprint density at radius 3 is 2.35 bits per heavy atom. The molecule has 2 rings (SSSR count). The van der Waals surface area contributed by atoms with Gasteiger partial charge in [-0.05, 0) is 62.2 Å². The van der Waals surface area contributed by atoms with Gasteiger partial charge in [0.2, 0.25) is 8.32 Å². The molecule has 1 N–H and O–H groups in total. The lowest BCUT2D eigenvalue weighted by atomic mass is 10.1. The summed E-state index contributed by atoms with van der Waals surface area (Å²) >= 11 is 0. The first-order chi connectivity index (χ1) is 7.87. The van der Waals surface area contributed by atoms with E-state index in [4.69, 9.17) is 4.43 Å². The van der Waals surface area contributed by atoms with E-state index in [1.165, 1.54) is 11.1 Å². The van der Waals surface area contributed by atoms with Crippen LogP contribution in [-0.4, -0.2) is 19.4 Å². The summed E-state index contributed by atoms with van der Waals surface area (Å²) in [6.45, 7) is 6.18. The quantitative estimate of drug-likeness (QED) is 0.839. The second kappa shape index (κ2) is 4.18. The molecular weight excluding hydrogens is 232 g/mol. The molecule has 0 heterocycles. The maximum Gasteiger partial charge on any atom is 0.339 e. The molecule has 0 saturated carbocycles. The highest BCUT2D eigenvalue weighted by Gasteiger charge is 2.23. The van der Waals surface area contributed by atoms with E-state index < -0.39 is 14.3 Å². The maximum absolute atomic E-state index is 11.2. The summed E-state index contributed by atoms with van der Waals surface area (Å²) in [7, 11) is -1.77. The van der Waals surface area contributed by atoms with Crippen LogP contribution in [0.2, 0.25) is 19.6 Å². The van der Waals surface area contributed by atoms with Crippen molar-refractivity contribution in [3.8, 4) is 5.75 Å². The Morgan fingerprint density at radius 2 is 1.82 bits per heavy atom. The summed E-state index contributed by atoms with van der Waals surface area (Å²) < 4.78 is 5.88. The van der Waals surface area contributed by atoms with Crippen molar-refractivity contribution in [2.24, 2.45) is 0 Å². The number of rotatable bonds is 3. The van der Waals surface area contributed by atoms with E-state index in [2.05, 4.69) is 19.6 Å². The third-order valence-electron chi connectivity index (χ3n) is 2.84. The number of benzene rings is 1. The predicted molar refractivity (Wildman–Crippen MR) is 69.4 cm³/mol. The largest absolute Gasteiger partial charge is 0.544 e. The lowest BCUT2D eigenvalue weighted by molar-refractivity contribution is 0.0694. The fourth-order valence-electron chi connectivity index (χ4n) is 2.18. The van der Waals surface area contributed by atoms with Gasteiger partial charge in [-0.1, -0.05) is 0 Å². The summed E-state index contributed by atoms with van der Waals surface area (Å²) in [5.74, 6) is -0.342. The number of hydrogen-bond acceptors (Lipinski definition) is 2. The molecule has 0 aromatic heterocycles. The zero-order chi connectivity index (χ0) is 12.6. The van der Waals surface area contributed by atoms with Crippen molar-refractivity contribution in [2.75, 3.05) is 0 Å². The lowest BCUT2D eigenvalue weighted by Crippen LogP contribution is -2.30. The summed E-state index contributed by atoms with van der Waals surface area (Å²) in [6.07, 6.45) is 3.14. The molecule has 0 bridgehead atoms. The summed E-state index contributed by atoms with van der Waals surface area (Å²) in [5.41, 5.74) is 2.74. The molecule has 0 radical (unpaired) electrons. The number of fused-ring (bicyclic) bond motifs is 1. The van der Waals surface area contributed by atoms with Crippen LogP contribution in [0, 0.1) is 0 Å². The van der Waals surface area contributed by atoms with Crippen molar-refractivity contribution < 1.29 is 14.3 Å². The molecule has 17 heavy (non-hydrogen) atoms. The normalized spacial score (nSPS) is 14.5. The molecule has 3 nitrogen and oxygen atoms in total. The second-order valence-corrected chi connectivity index (χ2v) is 9.92. The molecule has 0 aliphatic heterocycles. The van der Waals surface area contributed by atoms with Gasteiger partial charge in [-0.15, -0.1) is 0 Å². The van der Waals surface area contributed by atoms with E-state index in [9.17, 15) is 9.90 Å². The molecule has 0 atom stereocenters. The average molecular weight is 250 g/mol. The van der Waals surface area contributed by atoms with Crippen LogP contribution in [0.15, 0.2) is 12.1 Å². The summed E-state index contributed by atoms with van der Waals surface area (Å²) in [6, 6.07) is 3.73. The summed E-state index contributed by atoms with van der Waals surface area (Å²) in [4.78, 5) is 11.2. The van der Waals surface area contributed by atoms with Gasteiger partial charge >= 0.3 is 5.97 Å². The zero-order valence-electron chi connectivity index (χ0n) is 10.5. The van der Waals surface area contributed by atoms with Gasteiger partial charge < -0.3 is 9.53 Å². The van der Waals surface area contributed by atoms with Gasteiger partial charge in [0.1, 0.15) is 11.3 Å². The van der Waals surface area contributed by atoms with Crippen molar-refractivity contribution in [3.63, 3.8) is 0 Å². The van der Waals surface area contributed by atoms with Crippen LogP contribution in [0.3, 0.4) is 0 Å². The first kappa shape index (κ1) is 12.2. The number of carbonyl (C=O) groups is 1. The van der Waals surface area contributed by atoms with Gasteiger partial charge in [-0.3, -0.25) is 0 Å². The first-order valence-corrected chi connectivity index (χ1v) is 9.36. The molecule has 0 unspecified atom stereocenters. The van der Waals surface area contributed by atoms with E-state index in [0.717, 1.165) is 19.3 Å². The molecular formula is C13H18O3Si. The van der Waals surface area contributed by atoms with Crippen molar-refractivity contribution >= 4 is 14.3 Å². The van der Waals surface area contributed by atoms with E-state index in [-0.39, 0.29) is 0 Å². The standard InChI is InChI=1S/C13H18O3Si/c1-17(2,3)16-12-8-10-6-4-5-9(10)7-11(12)13(14)15/h7-8H,4-6H2,1-3H3,(H,14,15). The van der Waals surface area contributed by atoms with E-state index in [1.807, 2.05) is 6.07 Å². The first-order valence-electron chi connectivity index (χ1n) is 5.95. The molecule has 0 saturated heterocycles. The highest BCUT2D eigenvalue weighted by Crippen LogP contribution is 2.31. The molecule has 4 heteroatoms. The number of carboxylic acids is 1. The highest BCUT2D eigenvalue weighted by molar-refractivity contribution is 6.70. The minimum atomic E-state index is -1.77. The molecule has 1 aromatic carbocycles. The Morgan fingerprint density at radius 1 is 1.24 bits per heavy atom. The number of aryl methyl sites for hydroxylation is 2. The van der Waals surface area contributed by atoms with Crippen molar-refractivity contribution in [1.29, 1.82) is 0 Å². The Kier molecular flexibility index (Phi) is 2.99. The Bertz CT molecular complexity index is 460. The van der Waals surface area contributed by atoms with Gasteiger partial charge in [-0.25, -0.2) is 4.79 Å². The average Bonchev–Trinajstić information content (AvgIpc) is 2.60. The molecule has 92 valence electrons. The van der Waals surface area contributed by atoms with Crippen LogP contribution in [-0.2, 0) is 12.8 Å². The van der Waals surface area contributed by atoms with E-state index >= 15 is 0 Å².